The molecule has 0 bridgehead atoms. The van der Waals surface area contributed by atoms with Gasteiger partial charge in [-0.3, -0.25) is 9.48 Å². The maximum Gasteiger partial charge on any atom is 0.137 e. The van der Waals surface area contributed by atoms with E-state index in [9.17, 15) is 4.79 Å². The summed E-state index contributed by atoms with van der Waals surface area (Å²) in [5.74, 6) is 0.0271. The van der Waals surface area contributed by atoms with Gasteiger partial charge >= 0.3 is 0 Å². The van der Waals surface area contributed by atoms with Gasteiger partial charge in [-0.2, -0.15) is 5.10 Å². The van der Waals surface area contributed by atoms with Crippen molar-refractivity contribution in [3.05, 3.63) is 53.9 Å². The van der Waals surface area contributed by atoms with Gasteiger partial charge in [0.05, 0.1) is 6.20 Å². The van der Waals surface area contributed by atoms with Crippen LogP contribution in [0.1, 0.15) is 30.5 Å². The van der Waals surface area contributed by atoms with Gasteiger partial charge in [0, 0.05) is 31.6 Å². The molecule has 2 rings (SSSR count). The Morgan fingerprint density at radius 3 is 2.65 bits per heavy atom. The fourth-order valence-corrected chi connectivity index (χ4v) is 2.26. The van der Waals surface area contributed by atoms with E-state index in [4.69, 9.17) is 5.73 Å². The number of aryl methyl sites for hydroxylation is 2. The van der Waals surface area contributed by atoms with Crippen molar-refractivity contribution in [1.29, 1.82) is 0 Å². The number of nitrogens with two attached hydrogens (primary N) is 1. The van der Waals surface area contributed by atoms with E-state index in [0.29, 0.717) is 6.42 Å². The van der Waals surface area contributed by atoms with E-state index in [-0.39, 0.29) is 17.7 Å². The summed E-state index contributed by atoms with van der Waals surface area (Å²) in [6, 6.07) is 9.54. The van der Waals surface area contributed by atoms with E-state index in [1.807, 2.05) is 50.5 Å². The Kier molecular flexibility index (Phi) is 4.69. The number of carbonyl (C=O) groups excluding carboxylic acids is 1. The summed E-state index contributed by atoms with van der Waals surface area (Å²) in [7, 11) is 1.87. The summed E-state index contributed by atoms with van der Waals surface area (Å²) in [5, 5.41) is 4.10. The highest BCUT2D eigenvalue weighted by Crippen LogP contribution is 2.21. The minimum Gasteiger partial charge on any atom is -0.323 e. The molecule has 0 fully saturated rings. The van der Waals surface area contributed by atoms with E-state index in [0.717, 1.165) is 17.5 Å². The Morgan fingerprint density at radius 1 is 1.35 bits per heavy atom. The molecule has 2 aromatic rings. The molecule has 0 aliphatic carbocycles. The zero-order chi connectivity index (χ0) is 14.5. The molecule has 2 atom stereocenters. The second-order valence-corrected chi connectivity index (χ2v) is 5.21. The molecular formula is C16H21N3O. The van der Waals surface area contributed by atoms with Gasteiger partial charge in [0.2, 0.25) is 0 Å². The predicted octanol–water partition coefficient (Wildman–Crippen LogP) is 2.26. The van der Waals surface area contributed by atoms with Crippen LogP contribution in [0.3, 0.4) is 0 Å². The second-order valence-electron chi connectivity index (χ2n) is 5.21. The van der Waals surface area contributed by atoms with Crippen LogP contribution >= 0.6 is 0 Å². The molecule has 0 aliphatic rings. The van der Waals surface area contributed by atoms with E-state index in [1.54, 1.807) is 10.9 Å². The van der Waals surface area contributed by atoms with Gasteiger partial charge in [-0.1, -0.05) is 37.3 Å². The molecule has 4 heteroatoms. The lowest BCUT2D eigenvalue weighted by atomic mass is 9.89. The molecule has 1 aromatic carbocycles. The summed E-state index contributed by atoms with van der Waals surface area (Å²) < 4.78 is 1.75. The van der Waals surface area contributed by atoms with Gasteiger partial charge in [-0.25, -0.2) is 0 Å². The highest BCUT2D eigenvalue weighted by atomic mass is 16.1. The Bertz CT molecular complexity index is 562. The number of Topliss-reactive ketones (excluding diaryl/α,β-unsaturated/α-hetero) is 1. The normalized spacial score (nSPS) is 13.9. The van der Waals surface area contributed by atoms with Crippen molar-refractivity contribution in [1.82, 2.24) is 9.78 Å². The van der Waals surface area contributed by atoms with Crippen molar-refractivity contribution in [3.8, 4) is 0 Å². The molecule has 0 saturated heterocycles. The van der Waals surface area contributed by atoms with Crippen LogP contribution in [-0.4, -0.2) is 15.6 Å². The number of rotatable bonds is 6. The number of hydrogen-bond donors (Lipinski definition) is 1. The molecule has 0 aliphatic heterocycles. The van der Waals surface area contributed by atoms with E-state index >= 15 is 0 Å². The summed E-state index contributed by atoms with van der Waals surface area (Å²) in [6.45, 7) is 1.91. The van der Waals surface area contributed by atoms with Crippen LogP contribution < -0.4 is 5.73 Å². The maximum atomic E-state index is 12.2. The maximum absolute atomic E-state index is 12.2. The Hall–Kier alpha value is -1.94. The third-order valence-electron chi connectivity index (χ3n) is 3.65. The van der Waals surface area contributed by atoms with E-state index < -0.39 is 0 Å². The van der Waals surface area contributed by atoms with Crippen LogP contribution in [0.15, 0.2) is 42.7 Å². The average molecular weight is 271 g/mol. The van der Waals surface area contributed by atoms with Gasteiger partial charge in [0.1, 0.15) is 5.78 Å². The largest absolute Gasteiger partial charge is 0.323 e. The van der Waals surface area contributed by atoms with Crippen molar-refractivity contribution in [2.24, 2.45) is 18.7 Å². The molecule has 20 heavy (non-hydrogen) atoms. The molecule has 106 valence electrons. The Labute approximate surface area is 119 Å². The summed E-state index contributed by atoms with van der Waals surface area (Å²) in [6.07, 6.45) is 4.97. The lowest BCUT2D eigenvalue weighted by Gasteiger charge is -2.19. The van der Waals surface area contributed by atoms with Crippen LogP contribution in [0.25, 0.3) is 0 Å². The van der Waals surface area contributed by atoms with Crippen molar-refractivity contribution in [2.75, 3.05) is 0 Å². The third kappa shape index (κ3) is 3.54. The third-order valence-corrected chi connectivity index (χ3v) is 3.65. The molecule has 2 N–H and O–H groups in total. The highest BCUT2D eigenvalue weighted by Gasteiger charge is 2.21. The first-order chi connectivity index (χ1) is 9.58. The fraction of sp³-hybridized carbons (Fsp3) is 0.375. The zero-order valence-electron chi connectivity index (χ0n) is 12.0. The fourth-order valence-electron chi connectivity index (χ4n) is 2.26. The van der Waals surface area contributed by atoms with Crippen molar-refractivity contribution in [2.45, 2.75) is 25.8 Å². The molecule has 0 saturated carbocycles. The summed E-state index contributed by atoms with van der Waals surface area (Å²) in [5.41, 5.74) is 8.27. The van der Waals surface area contributed by atoms with Crippen molar-refractivity contribution >= 4 is 5.78 Å². The average Bonchev–Trinajstić information content (AvgIpc) is 2.89. The van der Waals surface area contributed by atoms with Gasteiger partial charge in [0.25, 0.3) is 0 Å². The monoisotopic (exact) mass is 271 g/mol. The van der Waals surface area contributed by atoms with Crippen LogP contribution in [0.2, 0.25) is 0 Å². The molecule has 1 aromatic heterocycles. The van der Waals surface area contributed by atoms with Crippen LogP contribution in [-0.2, 0) is 18.3 Å². The lowest BCUT2D eigenvalue weighted by molar-refractivity contribution is -0.123. The molecule has 0 spiro atoms. The number of benzene rings is 1. The second kappa shape index (κ2) is 6.48. The predicted molar refractivity (Wildman–Crippen MR) is 79.1 cm³/mol. The van der Waals surface area contributed by atoms with E-state index in [2.05, 4.69) is 5.10 Å². The zero-order valence-corrected chi connectivity index (χ0v) is 12.0. The van der Waals surface area contributed by atoms with Gasteiger partial charge in [0.15, 0.2) is 0 Å². The molecule has 2 unspecified atom stereocenters. The minimum atomic E-state index is -0.238. The van der Waals surface area contributed by atoms with Gasteiger partial charge in [-0.05, 0) is 17.5 Å². The smallest absolute Gasteiger partial charge is 0.137 e. The highest BCUT2D eigenvalue weighted by molar-refractivity contribution is 5.81. The first-order valence-corrected chi connectivity index (χ1v) is 6.88. The first-order valence-electron chi connectivity index (χ1n) is 6.88. The summed E-state index contributed by atoms with van der Waals surface area (Å²) in [4.78, 5) is 12.2. The lowest BCUT2D eigenvalue weighted by Crippen LogP contribution is -2.26. The van der Waals surface area contributed by atoms with Crippen LogP contribution in [0.5, 0.6) is 0 Å². The van der Waals surface area contributed by atoms with Gasteiger partial charge in [-0.15, -0.1) is 0 Å². The summed E-state index contributed by atoms with van der Waals surface area (Å²) >= 11 is 0. The molecule has 1 heterocycles. The van der Waals surface area contributed by atoms with Crippen molar-refractivity contribution in [3.63, 3.8) is 0 Å². The molecule has 0 radical (unpaired) electrons. The number of hydrogen-bond acceptors (Lipinski definition) is 3. The molecular weight excluding hydrogens is 250 g/mol. The number of nitrogens with zero attached hydrogens (tertiary/aromatic N) is 2. The SMILES string of the molecule is CC(C(=O)CCc1cnn(C)c1)C(N)c1ccccc1. The number of carbonyl (C=O) groups is 1. The number of ketones is 1. The minimum absolute atomic E-state index is 0.172. The van der Waals surface area contributed by atoms with Crippen LogP contribution in [0, 0.1) is 5.92 Å². The first kappa shape index (κ1) is 14.5. The topological polar surface area (TPSA) is 60.9 Å². The number of aromatic nitrogens is 2. The Morgan fingerprint density at radius 2 is 2.05 bits per heavy atom. The Balaban J connectivity index is 1.91. The quantitative estimate of drug-likeness (QED) is 0.876. The van der Waals surface area contributed by atoms with Gasteiger partial charge < -0.3 is 5.73 Å². The molecule has 0 amide bonds. The molecule has 4 nitrogen and oxygen atoms in total. The van der Waals surface area contributed by atoms with E-state index in [1.165, 1.54) is 0 Å². The van der Waals surface area contributed by atoms with Crippen LogP contribution in [0.4, 0.5) is 0 Å². The van der Waals surface area contributed by atoms with Crippen molar-refractivity contribution < 1.29 is 4.79 Å². The standard InChI is InChI=1S/C16H21N3O/c1-12(16(17)14-6-4-3-5-7-14)15(20)9-8-13-10-18-19(2)11-13/h3-7,10-12,16H,8-9,17H2,1-2H3.